The molecule has 0 radical (unpaired) electrons. The van der Waals surface area contributed by atoms with Crippen LogP contribution in [0.15, 0.2) is 103 Å². The molecule has 0 aromatic heterocycles. The highest BCUT2D eigenvalue weighted by Crippen LogP contribution is 2.51. The van der Waals surface area contributed by atoms with Crippen LogP contribution in [0.25, 0.3) is 0 Å². The van der Waals surface area contributed by atoms with E-state index in [9.17, 15) is 4.79 Å². The van der Waals surface area contributed by atoms with Crippen molar-refractivity contribution < 1.29 is 9.53 Å². The van der Waals surface area contributed by atoms with Gasteiger partial charge in [-0.25, -0.2) is 0 Å². The van der Waals surface area contributed by atoms with Gasteiger partial charge in [0, 0.05) is 22.7 Å². The molecule has 3 atom stereocenters. The standard InChI is InChI=1S/C36H39NO2/c1-35(2,3)26-22-28-30(24-16-10-7-11-17-24)31(34(38)39-33(28)29(23-26)36(4,5)6)32(25-18-12-8-13-19-25)37-27-20-14-9-15-21-27/h7-23,30-32,37H,1-6H3. The second kappa shape index (κ2) is 10.4. The van der Waals surface area contributed by atoms with Crippen molar-refractivity contribution in [2.24, 2.45) is 5.92 Å². The first-order valence-corrected chi connectivity index (χ1v) is 13.9. The molecule has 200 valence electrons. The Balaban J connectivity index is 1.77. The molecule has 0 spiro atoms. The van der Waals surface area contributed by atoms with Crippen molar-refractivity contribution in [3.05, 3.63) is 131 Å². The highest BCUT2D eigenvalue weighted by atomic mass is 16.5. The molecule has 1 N–H and O–H groups in total. The molecular weight excluding hydrogens is 478 g/mol. The van der Waals surface area contributed by atoms with Crippen molar-refractivity contribution in [3.8, 4) is 5.75 Å². The van der Waals surface area contributed by atoms with Crippen LogP contribution in [-0.2, 0) is 15.6 Å². The molecule has 0 saturated carbocycles. The molecule has 0 bridgehead atoms. The number of anilines is 1. The largest absolute Gasteiger partial charge is 0.426 e. The van der Waals surface area contributed by atoms with Gasteiger partial charge in [0.2, 0.25) is 0 Å². The molecule has 3 heteroatoms. The van der Waals surface area contributed by atoms with E-state index in [1.165, 1.54) is 5.56 Å². The molecule has 3 unspecified atom stereocenters. The lowest BCUT2D eigenvalue weighted by Crippen LogP contribution is -2.40. The first-order valence-electron chi connectivity index (χ1n) is 13.9. The van der Waals surface area contributed by atoms with Gasteiger partial charge in [-0.1, -0.05) is 133 Å². The summed E-state index contributed by atoms with van der Waals surface area (Å²) in [6, 6.07) is 35.1. The molecule has 0 amide bonds. The zero-order valence-electron chi connectivity index (χ0n) is 23.9. The van der Waals surface area contributed by atoms with Gasteiger partial charge in [0.25, 0.3) is 0 Å². The Labute approximate surface area is 233 Å². The predicted molar refractivity (Wildman–Crippen MR) is 160 cm³/mol. The quantitative estimate of drug-likeness (QED) is 0.212. The van der Waals surface area contributed by atoms with Crippen LogP contribution in [0.5, 0.6) is 5.75 Å². The first-order chi connectivity index (χ1) is 18.5. The van der Waals surface area contributed by atoms with Crippen LogP contribution in [0.4, 0.5) is 5.69 Å². The summed E-state index contributed by atoms with van der Waals surface area (Å²) in [5, 5.41) is 3.71. The van der Waals surface area contributed by atoms with Crippen LogP contribution >= 0.6 is 0 Å². The Hall–Kier alpha value is -3.85. The maximum Gasteiger partial charge on any atom is 0.317 e. The molecule has 5 rings (SSSR count). The van der Waals surface area contributed by atoms with Crippen molar-refractivity contribution in [3.63, 3.8) is 0 Å². The maximum atomic E-state index is 14.2. The molecule has 1 aliphatic heterocycles. The number of hydrogen-bond donors (Lipinski definition) is 1. The second-order valence-electron chi connectivity index (χ2n) is 12.7. The van der Waals surface area contributed by atoms with E-state index >= 15 is 0 Å². The highest BCUT2D eigenvalue weighted by molar-refractivity contribution is 5.83. The smallest absolute Gasteiger partial charge is 0.317 e. The normalized spacial score (nSPS) is 18.2. The Morgan fingerprint density at radius 3 is 1.85 bits per heavy atom. The van der Waals surface area contributed by atoms with Crippen LogP contribution in [-0.4, -0.2) is 5.97 Å². The fourth-order valence-electron chi connectivity index (χ4n) is 5.62. The number of benzene rings is 4. The summed E-state index contributed by atoms with van der Waals surface area (Å²) in [6.45, 7) is 13.3. The van der Waals surface area contributed by atoms with Crippen LogP contribution in [0.2, 0.25) is 0 Å². The molecule has 39 heavy (non-hydrogen) atoms. The van der Waals surface area contributed by atoms with E-state index < -0.39 is 5.92 Å². The van der Waals surface area contributed by atoms with Crippen LogP contribution in [0.1, 0.15) is 81.3 Å². The van der Waals surface area contributed by atoms with E-state index in [-0.39, 0.29) is 28.8 Å². The average Bonchev–Trinajstić information content (AvgIpc) is 2.91. The van der Waals surface area contributed by atoms with Gasteiger partial charge < -0.3 is 10.1 Å². The summed E-state index contributed by atoms with van der Waals surface area (Å²) in [6.07, 6.45) is 0. The molecule has 1 heterocycles. The zero-order valence-corrected chi connectivity index (χ0v) is 23.9. The van der Waals surface area contributed by atoms with Crippen molar-refractivity contribution in [2.75, 3.05) is 5.32 Å². The molecule has 0 fully saturated rings. The van der Waals surface area contributed by atoms with Crippen LogP contribution in [0.3, 0.4) is 0 Å². The molecule has 0 saturated heterocycles. The number of hydrogen-bond acceptors (Lipinski definition) is 3. The van der Waals surface area contributed by atoms with E-state index in [1.807, 2.05) is 54.6 Å². The number of ether oxygens (including phenoxy) is 1. The summed E-state index contributed by atoms with van der Waals surface area (Å²) >= 11 is 0. The fraction of sp³-hybridized carbons (Fsp3) is 0.306. The van der Waals surface area contributed by atoms with Gasteiger partial charge in [-0.2, -0.15) is 0 Å². The molecule has 4 aromatic carbocycles. The van der Waals surface area contributed by atoms with Gasteiger partial charge in [0.15, 0.2) is 0 Å². The number of carbonyl (C=O) groups is 1. The lowest BCUT2D eigenvalue weighted by molar-refractivity contribution is -0.141. The number of esters is 1. The third-order valence-electron chi connectivity index (χ3n) is 7.73. The number of rotatable bonds is 5. The van der Waals surface area contributed by atoms with Crippen LogP contribution < -0.4 is 10.1 Å². The van der Waals surface area contributed by atoms with E-state index in [2.05, 4.69) is 95.4 Å². The second-order valence-corrected chi connectivity index (χ2v) is 12.7. The minimum Gasteiger partial charge on any atom is -0.426 e. The zero-order chi connectivity index (χ0) is 27.8. The SMILES string of the molecule is CC(C)(C)c1cc2c(c(C(C)(C)C)c1)OC(=O)C(C(Nc1ccccc1)c1ccccc1)C2c1ccccc1. The van der Waals surface area contributed by atoms with E-state index in [0.29, 0.717) is 0 Å². The van der Waals surface area contributed by atoms with E-state index in [1.54, 1.807) is 0 Å². The summed E-state index contributed by atoms with van der Waals surface area (Å²) in [5.41, 5.74) is 6.28. The summed E-state index contributed by atoms with van der Waals surface area (Å²) in [7, 11) is 0. The Kier molecular flexibility index (Phi) is 7.11. The van der Waals surface area contributed by atoms with Gasteiger partial charge >= 0.3 is 5.97 Å². The highest BCUT2D eigenvalue weighted by Gasteiger charge is 2.46. The third kappa shape index (κ3) is 5.49. The summed E-state index contributed by atoms with van der Waals surface area (Å²) in [5.74, 6) is -0.155. The Morgan fingerprint density at radius 1 is 0.718 bits per heavy atom. The topological polar surface area (TPSA) is 38.3 Å². The van der Waals surface area contributed by atoms with Gasteiger partial charge in [-0.3, -0.25) is 4.79 Å². The van der Waals surface area contributed by atoms with Gasteiger partial charge in [0.05, 0.1) is 12.0 Å². The Bertz CT molecular complexity index is 1430. The van der Waals surface area contributed by atoms with Gasteiger partial charge in [-0.05, 0) is 39.7 Å². The predicted octanol–water partition coefficient (Wildman–Crippen LogP) is 8.80. The van der Waals surface area contributed by atoms with Gasteiger partial charge in [-0.15, -0.1) is 0 Å². The molecule has 0 aliphatic carbocycles. The number of fused-ring (bicyclic) bond motifs is 1. The monoisotopic (exact) mass is 517 g/mol. The number of carbonyl (C=O) groups excluding carboxylic acids is 1. The molecule has 1 aliphatic rings. The maximum absolute atomic E-state index is 14.2. The van der Waals surface area contributed by atoms with Crippen molar-refractivity contribution in [1.29, 1.82) is 0 Å². The summed E-state index contributed by atoms with van der Waals surface area (Å²) < 4.78 is 6.38. The van der Waals surface area contributed by atoms with Crippen molar-refractivity contribution in [2.45, 2.75) is 64.3 Å². The van der Waals surface area contributed by atoms with Crippen molar-refractivity contribution in [1.82, 2.24) is 0 Å². The lowest BCUT2D eigenvalue weighted by atomic mass is 9.70. The Morgan fingerprint density at radius 2 is 1.28 bits per heavy atom. The minimum absolute atomic E-state index is 0.0612. The van der Waals surface area contributed by atoms with E-state index in [0.717, 1.165) is 33.7 Å². The molecular formula is C36H39NO2. The molecule has 4 aromatic rings. The summed E-state index contributed by atoms with van der Waals surface area (Å²) in [4.78, 5) is 14.2. The third-order valence-corrected chi connectivity index (χ3v) is 7.73. The number of nitrogens with one attached hydrogen (secondary N) is 1. The first kappa shape index (κ1) is 26.7. The van der Waals surface area contributed by atoms with Gasteiger partial charge in [0.1, 0.15) is 5.75 Å². The fourth-order valence-corrected chi connectivity index (χ4v) is 5.62. The lowest BCUT2D eigenvalue weighted by Gasteiger charge is -2.40. The van der Waals surface area contributed by atoms with E-state index in [4.69, 9.17) is 4.74 Å². The van der Waals surface area contributed by atoms with Crippen molar-refractivity contribution >= 4 is 11.7 Å². The minimum atomic E-state index is -0.481. The number of para-hydroxylation sites is 1. The van der Waals surface area contributed by atoms with Crippen LogP contribution in [0, 0.1) is 5.92 Å². The average molecular weight is 518 g/mol. The molecule has 3 nitrogen and oxygen atoms in total.